The third-order valence-corrected chi connectivity index (χ3v) is 3.79. The Labute approximate surface area is 135 Å². The lowest BCUT2D eigenvalue weighted by Gasteiger charge is -2.08. The molecule has 118 valence electrons. The molecule has 0 unspecified atom stereocenters. The molecule has 0 aliphatic heterocycles. The van der Waals surface area contributed by atoms with Gasteiger partial charge in [-0.1, -0.05) is 23.4 Å². The summed E-state index contributed by atoms with van der Waals surface area (Å²) in [6.45, 7) is -0.197. The summed E-state index contributed by atoms with van der Waals surface area (Å²) in [5, 5.41) is 12.0. The molecule has 0 aliphatic rings. The van der Waals surface area contributed by atoms with Crippen LogP contribution in [0.15, 0.2) is 59.5 Å². The third-order valence-electron chi connectivity index (χ3n) is 3.79. The number of nitrogens with one attached hydrogen (secondary N) is 2. The Balaban J connectivity index is 1.62. The molecule has 4 aromatic rings. The first-order valence-corrected chi connectivity index (χ1v) is 7.41. The van der Waals surface area contributed by atoms with Gasteiger partial charge in [0.2, 0.25) is 5.91 Å². The van der Waals surface area contributed by atoms with Crippen molar-refractivity contribution in [1.82, 2.24) is 20.0 Å². The van der Waals surface area contributed by atoms with E-state index in [1.165, 1.54) is 0 Å². The molecule has 0 bridgehead atoms. The number of anilines is 1. The lowest BCUT2D eigenvalue weighted by atomic mass is 10.2. The number of fused-ring (bicyclic) bond motifs is 2. The van der Waals surface area contributed by atoms with Crippen molar-refractivity contribution >= 4 is 33.4 Å². The fraction of sp³-hybridized carbons (Fsp3) is 0.0588. The number of hydrogen-bond acceptors (Lipinski definition) is 4. The minimum atomic E-state index is -0.338. The molecule has 7 heteroatoms. The molecule has 0 radical (unpaired) electrons. The first-order chi connectivity index (χ1) is 11.7. The van der Waals surface area contributed by atoms with Crippen molar-refractivity contribution < 1.29 is 4.79 Å². The maximum atomic E-state index is 12.4. The quantitative estimate of drug-likeness (QED) is 0.603. The molecule has 2 aromatic heterocycles. The summed E-state index contributed by atoms with van der Waals surface area (Å²) in [7, 11) is 0. The number of benzene rings is 2. The molecule has 7 nitrogen and oxygen atoms in total. The first-order valence-electron chi connectivity index (χ1n) is 7.41. The number of H-pyrrole nitrogens is 1. The zero-order valence-electron chi connectivity index (χ0n) is 12.6. The monoisotopic (exact) mass is 319 g/mol. The van der Waals surface area contributed by atoms with Crippen LogP contribution >= 0.6 is 0 Å². The van der Waals surface area contributed by atoms with Crippen LogP contribution < -0.4 is 10.9 Å². The summed E-state index contributed by atoms with van der Waals surface area (Å²) in [5.74, 6) is -0.338. The van der Waals surface area contributed by atoms with Gasteiger partial charge in [-0.05, 0) is 30.3 Å². The maximum Gasteiger partial charge on any atom is 0.278 e. The van der Waals surface area contributed by atoms with Gasteiger partial charge in [-0.15, -0.1) is 5.10 Å². The number of aromatic amines is 1. The van der Waals surface area contributed by atoms with Gasteiger partial charge in [0, 0.05) is 17.1 Å². The van der Waals surface area contributed by atoms with Gasteiger partial charge in [0.1, 0.15) is 12.1 Å². The molecular formula is C17H13N5O2. The van der Waals surface area contributed by atoms with Gasteiger partial charge in [0.05, 0.1) is 11.1 Å². The molecule has 0 saturated carbocycles. The largest absolute Gasteiger partial charge is 0.361 e. The van der Waals surface area contributed by atoms with E-state index in [2.05, 4.69) is 20.6 Å². The van der Waals surface area contributed by atoms with E-state index in [0.717, 1.165) is 15.6 Å². The Bertz CT molecular complexity index is 1110. The number of aromatic nitrogens is 4. The van der Waals surface area contributed by atoms with Crippen LogP contribution in [0.2, 0.25) is 0 Å². The summed E-state index contributed by atoms with van der Waals surface area (Å²) < 4.78 is 1.06. The van der Waals surface area contributed by atoms with Crippen LogP contribution in [-0.2, 0) is 11.3 Å². The standard InChI is InChI=1S/C17H13N5O2/c23-16(19-14-7-3-6-13-11(14)8-9-18-13)10-22-17(24)12-4-1-2-5-15(12)20-21-22/h1-9,18H,10H2,(H,19,23). The smallest absolute Gasteiger partial charge is 0.278 e. The number of carbonyl (C=O) groups excluding carboxylic acids is 1. The molecule has 1 amide bonds. The molecule has 2 aromatic carbocycles. The van der Waals surface area contributed by atoms with Gasteiger partial charge >= 0.3 is 0 Å². The Morgan fingerprint density at radius 3 is 2.88 bits per heavy atom. The van der Waals surface area contributed by atoms with E-state index in [1.54, 1.807) is 30.5 Å². The SMILES string of the molecule is O=C(Cn1nnc2ccccc2c1=O)Nc1cccc2[nH]ccc12. The van der Waals surface area contributed by atoms with Crippen molar-refractivity contribution in [2.45, 2.75) is 6.54 Å². The number of rotatable bonds is 3. The van der Waals surface area contributed by atoms with E-state index < -0.39 is 0 Å². The van der Waals surface area contributed by atoms with E-state index in [1.807, 2.05) is 24.3 Å². The van der Waals surface area contributed by atoms with Crippen molar-refractivity contribution in [3.05, 3.63) is 65.1 Å². The van der Waals surface area contributed by atoms with Gasteiger partial charge < -0.3 is 10.3 Å². The van der Waals surface area contributed by atoms with Gasteiger partial charge in [-0.2, -0.15) is 0 Å². The maximum absolute atomic E-state index is 12.4. The average molecular weight is 319 g/mol. The van der Waals surface area contributed by atoms with Gasteiger partial charge in [-0.25, -0.2) is 4.68 Å². The number of amides is 1. The van der Waals surface area contributed by atoms with Crippen LogP contribution in [0.5, 0.6) is 0 Å². The van der Waals surface area contributed by atoms with Crippen LogP contribution in [-0.4, -0.2) is 25.9 Å². The second-order valence-electron chi connectivity index (χ2n) is 5.36. The Morgan fingerprint density at radius 2 is 1.96 bits per heavy atom. The highest BCUT2D eigenvalue weighted by atomic mass is 16.2. The highest BCUT2D eigenvalue weighted by molar-refractivity contribution is 6.01. The minimum Gasteiger partial charge on any atom is -0.361 e. The molecule has 24 heavy (non-hydrogen) atoms. The van der Waals surface area contributed by atoms with Crippen molar-refractivity contribution in [1.29, 1.82) is 0 Å². The van der Waals surface area contributed by atoms with E-state index in [9.17, 15) is 9.59 Å². The molecule has 2 heterocycles. The summed E-state index contributed by atoms with van der Waals surface area (Å²) in [4.78, 5) is 27.7. The van der Waals surface area contributed by atoms with Crippen molar-refractivity contribution in [3.63, 3.8) is 0 Å². The number of nitrogens with zero attached hydrogens (tertiary/aromatic N) is 3. The Hall–Kier alpha value is -3.48. The zero-order valence-corrected chi connectivity index (χ0v) is 12.6. The van der Waals surface area contributed by atoms with E-state index >= 15 is 0 Å². The first kappa shape index (κ1) is 14.1. The van der Waals surface area contributed by atoms with Crippen molar-refractivity contribution in [2.24, 2.45) is 0 Å². The van der Waals surface area contributed by atoms with Crippen LogP contribution in [0, 0.1) is 0 Å². The van der Waals surface area contributed by atoms with E-state index in [-0.39, 0.29) is 18.0 Å². The van der Waals surface area contributed by atoms with Crippen molar-refractivity contribution in [2.75, 3.05) is 5.32 Å². The van der Waals surface area contributed by atoms with E-state index in [0.29, 0.717) is 16.6 Å². The molecule has 0 atom stereocenters. The van der Waals surface area contributed by atoms with E-state index in [4.69, 9.17) is 0 Å². The van der Waals surface area contributed by atoms with Gasteiger partial charge in [0.15, 0.2) is 0 Å². The summed E-state index contributed by atoms with van der Waals surface area (Å²) in [6, 6.07) is 14.4. The predicted molar refractivity (Wildman–Crippen MR) is 90.7 cm³/mol. The van der Waals surface area contributed by atoms with Crippen LogP contribution in [0.25, 0.3) is 21.8 Å². The van der Waals surface area contributed by atoms with Crippen LogP contribution in [0.4, 0.5) is 5.69 Å². The minimum absolute atomic E-state index is 0.197. The molecule has 0 aliphatic carbocycles. The fourth-order valence-electron chi connectivity index (χ4n) is 2.65. The molecule has 4 rings (SSSR count). The molecule has 0 fully saturated rings. The third kappa shape index (κ3) is 2.41. The average Bonchev–Trinajstić information content (AvgIpc) is 3.07. The molecule has 2 N–H and O–H groups in total. The van der Waals surface area contributed by atoms with Crippen molar-refractivity contribution in [3.8, 4) is 0 Å². The summed E-state index contributed by atoms with van der Waals surface area (Å²) in [6.07, 6.45) is 1.81. The summed E-state index contributed by atoms with van der Waals surface area (Å²) >= 11 is 0. The summed E-state index contributed by atoms with van der Waals surface area (Å²) in [5.41, 5.74) is 1.78. The number of carbonyl (C=O) groups is 1. The van der Waals surface area contributed by atoms with Gasteiger partial charge in [-0.3, -0.25) is 9.59 Å². The number of hydrogen-bond donors (Lipinski definition) is 2. The normalized spacial score (nSPS) is 11.0. The molecule has 0 saturated heterocycles. The Kier molecular flexibility index (Phi) is 3.31. The highest BCUT2D eigenvalue weighted by Crippen LogP contribution is 2.21. The second-order valence-corrected chi connectivity index (χ2v) is 5.36. The van der Waals surface area contributed by atoms with Crippen LogP contribution in [0.1, 0.15) is 0 Å². The fourth-order valence-corrected chi connectivity index (χ4v) is 2.65. The molecule has 0 spiro atoms. The lowest BCUT2D eigenvalue weighted by Crippen LogP contribution is -2.30. The zero-order chi connectivity index (χ0) is 16.5. The Morgan fingerprint density at radius 1 is 1.08 bits per heavy atom. The predicted octanol–water partition coefficient (Wildman–Crippen LogP) is 1.91. The highest BCUT2D eigenvalue weighted by Gasteiger charge is 2.11. The second kappa shape index (κ2) is 5.62. The van der Waals surface area contributed by atoms with Gasteiger partial charge in [0.25, 0.3) is 5.56 Å². The topological polar surface area (TPSA) is 92.7 Å². The molecular weight excluding hydrogens is 306 g/mol. The van der Waals surface area contributed by atoms with Crippen LogP contribution in [0.3, 0.4) is 0 Å². The lowest BCUT2D eigenvalue weighted by molar-refractivity contribution is -0.117.